The molecular formula is C19H20N2O4. The summed E-state index contributed by atoms with van der Waals surface area (Å²) in [5, 5.41) is 3.94. The van der Waals surface area contributed by atoms with Gasteiger partial charge in [0.25, 0.3) is 5.91 Å². The van der Waals surface area contributed by atoms with Gasteiger partial charge in [-0.3, -0.25) is 4.79 Å². The van der Waals surface area contributed by atoms with E-state index in [1.54, 1.807) is 18.3 Å². The highest BCUT2D eigenvalue weighted by atomic mass is 16.7. The minimum atomic E-state index is -0.324. The van der Waals surface area contributed by atoms with Crippen LogP contribution in [0.25, 0.3) is 0 Å². The monoisotopic (exact) mass is 340 g/mol. The van der Waals surface area contributed by atoms with Gasteiger partial charge in [0.1, 0.15) is 5.75 Å². The lowest BCUT2D eigenvalue weighted by Gasteiger charge is -2.12. The van der Waals surface area contributed by atoms with E-state index in [-0.39, 0.29) is 19.3 Å². The molecule has 1 heterocycles. The highest BCUT2D eigenvalue weighted by Crippen LogP contribution is 2.32. The molecule has 0 saturated carbocycles. The van der Waals surface area contributed by atoms with Crippen LogP contribution >= 0.6 is 0 Å². The molecule has 1 aliphatic heterocycles. The van der Waals surface area contributed by atoms with Crippen molar-refractivity contribution in [2.45, 2.75) is 19.8 Å². The largest absolute Gasteiger partial charge is 0.483 e. The molecule has 2 aromatic rings. The number of ether oxygens (including phenoxy) is 3. The molecule has 2 aromatic carbocycles. The van der Waals surface area contributed by atoms with Gasteiger partial charge in [0.15, 0.2) is 18.1 Å². The first-order chi connectivity index (χ1) is 12.1. The lowest BCUT2D eigenvalue weighted by molar-refractivity contribution is -0.123. The maximum Gasteiger partial charge on any atom is 0.277 e. The fourth-order valence-electron chi connectivity index (χ4n) is 2.44. The van der Waals surface area contributed by atoms with Crippen molar-refractivity contribution in [3.63, 3.8) is 0 Å². The Labute approximate surface area is 146 Å². The van der Waals surface area contributed by atoms with Crippen LogP contribution in [0.5, 0.6) is 17.2 Å². The number of hydrogen-bond donors (Lipinski definition) is 1. The molecule has 0 unspecified atom stereocenters. The molecule has 0 radical (unpaired) electrons. The number of amides is 1. The van der Waals surface area contributed by atoms with Crippen LogP contribution in [0.2, 0.25) is 0 Å². The molecule has 1 amide bonds. The van der Waals surface area contributed by atoms with E-state index in [9.17, 15) is 4.79 Å². The summed E-state index contributed by atoms with van der Waals surface area (Å²) in [5.74, 6) is 2.09. The third kappa shape index (κ3) is 4.29. The van der Waals surface area contributed by atoms with Crippen LogP contribution in [-0.2, 0) is 4.79 Å². The normalized spacial score (nSPS) is 12.6. The molecule has 0 fully saturated rings. The molecule has 0 bridgehead atoms. The number of benzene rings is 2. The van der Waals surface area contributed by atoms with Gasteiger partial charge in [-0.1, -0.05) is 32.0 Å². The van der Waals surface area contributed by atoms with Crippen LogP contribution in [0.3, 0.4) is 0 Å². The number of hydrazone groups is 1. The Morgan fingerprint density at radius 3 is 2.88 bits per heavy atom. The zero-order chi connectivity index (χ0) is 17.6. The molecule has 0 atom stereocenters. The van der Waals surface area contributed by atoms with Crippen molar-refractivity contribution in [3.05, 3.63) is 53.6 Å². The Balaban J connectivity index is 1.52. The smallest absolute Gasteiger partial charge is 0.277 e. The molecule has 0 spiro atoms. The summed E-state index contributed by atoms with van der Waals surface area (Å²) in [6, 6.07) is 13.1. The fraction of sp³-hybridized carbons (Fsp3) is 0.263. The van der Waals surface area contributed by atoms with E-state index in [1.165, 1.54) is 0 Å². The highest BCUT2D eigenvalue weighted by Gasteiger charge is 2.12. The Hall–Kier alpha value is -3.02. The summed E-state index contributed by atoms with van der Waals surface area (Å²) in [6.07, 6.45) is 1.54. The van der Waals surface area contributed by atoms with E-state index in [2.05, 4.69) is 24.4 Å². The van der Waals surface area contributed by atoms with E-state index in [1.807, 2.05) is 30.3 Å². The molecule has 1 N–H and O–H groups in total. The summed E-state index contributed by atoms with van der Waals surface area (Å²) in [7, 11) is 0. The first-order valence-electron chi connectivity index (χ1n) is 8.07. The molecule has 0 aliphatic carbocycles. The average molecular weight is 340 g/mol. The predicted octanol–water partition coefficient (Wildman–Crippen LogP) is 3.07. The van der Waals surface area contributed by atoms with Crippen molar-refractivity contribution < 1.29 is 19.0 Å². The van der Waals surface area contributed by atoms with Crippen LogP contribution < -0.4 is 19.6 Å². The Bertz CT molecular complexity index is 787. The second-order valence-electron chi connectivity index (χ2n) is 5.89. The van der Waals surface area contributed by atoms with Gasteiger partial charge >= 0.3 is 0 Å². The number of nitrogens with one attached hydrogen (secondary N) is 1. The van der Waals surface area contributed by atoms with Gasteiger partial charge in [-0.2, -0.15) is 5.10 Å². The molecule has 130 valence electrons. The third-order valence-electron chi connectivity index (χ3n) is 3.70. The number of fused-ring (bicyclic) bond motifs is 1. The zero-order valence-electron chi connectivity index (χ0n) is 14.2. The van der Waals surface area contributed by atoms with E-state index >= 15 is 0 Å². The standard InChI is InChI=1S/C19H20N2O4/c1-13(2)15-5-3-4-6-16(15)23-11-19(22)21-20-10-14-7-8-17-18(9-14)25-12-24-17/h3-10,13H,11-12H2,1-2H3,(H,21,22). The van der Waals surface area contributed by atoms with Crippen LogP contribution in [-0.4, -0.2) is 25.5 Å². The van der Waals surface area contributed by atoms with Gasteiger partial charge in [-0.25, -0.2) is 5.43 Å². The lowest BCUT2D eigenvalue weighted by Crippen LogP contribution is -2.24. The maximum absolute atomic E-state index is 11.9. The van der Waals surface area contributed by atoms with Crippen molar-refractivity contribution in [1.29, 1.82) is 0 Å². The number of hydrogen-bond acceptors (Lipinski definition) is 5. The van der Waals surface area contributed by atoms with Gasteiger partial charge in [-0.15, -0.1) is 0 Å². The molecule has 25 heavy (non-hydrogen) atoms. The topological polar surface area (TPSA) is 69.2 Å². The number of para-hydroxylation sites is 1. The van der Waals surface area contributed by atoms with Crippen molar-refractivity contribution in [1.82, 2.24) is 5.43 Å². The maximum atomic E-state index is 11.9. The van der Waals surface area contributed by atoms with E-state index in [0.717, 1.165) is 11.1 Å². The Morgan fingerprint density at radius 2 is 2.04 bits per heavy atom. The van der Waals surface area contributed by atoms with Crippen molar-refractivity contribution in [3.8, 4) is 17.2 Å². The van der Waals surface area contributed by atoms with Gasteiger partial charge in [0, 0.05) is 0 Å². The number of rotatable bonds is 6. The van der Waals surface area contributed by atoms with Crippen LogP contribution in [0.4, 0.5) is 0 Å². The molecule has 3 rings (SSSR count). The first kappa shape index (κ1) is 16.8. The van der Waals surface area contributed by atoms with Crippen molar-refractivity contribution >= 4 is 12.1 Å². The van der Waals surface area contributed by atoms with E-state index in [0.29, 0.717) is 23.2 Å². The second-order valence-corrected chi connectivity index (χ2v) is 5.89. The van der Waals surface area contributed by atoms with Crippen LogP contribution in [0.1, 0.15) is 30.9 Å². The minimum absolute atomic E-state index is 0.0950. The average Bonchev–Trinajstić information content (AvgIpc) is 3.08. The summed E-state index contributed by atoms with van der Waals surface area (Å²) in [4.78, 5) is 11.9. The van der Waals surface area contributed by atoms with Gasteiger partial charge in [0.05, 0.1) is 6.21 Å². The molecule has 1 aliphatic rings. The quantitative estimate of drug-likeness (QED) is 0.648. The summed E-state index contributed by atoms with van der Waals surface area (Å²) in [5.41, 5.74) is 4.32. The third-order valence-corrected chi connectivity index (χ3v) is 3.70. The van der Waals surface area contributed by atoms with Gasteiger partial charge in [-0.05, 0) is 41.3 Å². The van der Waals surface area contributed by atoms with Crippen LogP contribution in [0, 0.1) is 0 Å². The lowest BCUT2D eigenvalue weighted by atomic mass is 10.0. The number of carbonyl (C=O) groups excluding carboxylic acids is 1. The Kier molecular flexibility index (Phi) is 5.18. The molecule has 0 saturated heterocycles. The molecule has 6 nitrogen and oxygen atoms in total. The van der Waals surface area contributed by atoms with Gasteiger partial charge in [0.2, 0.25) is 6.79 Å². The van der Waals surface area contributed by atoms with Crippen molar-refractivity contribution in [2.75, 3.05) is 13.4 Å². The summed E-state index contributed by atoms with van der Waals surface area (Å²) < 4.78 is 16.1. The van der Waals surface area contributed by atoms with Crippen LogP contribution in [0.15, 0.2) is 47.6 Å². The number of nitrogens with zero attached hydrogens (tertiary/aromatic N) is 1. The summed E-state index contributed by atoms with van der Waals surface area (Å²) in [6.45, 7) is 4.29. The fourth-order valence-corrected chi connectivity index (χ4v) is 2.44. The molecule has 6 heteroatoms. The minimum Gasteiger partial charge on any atom is -0.483 e. The molecular weight excluding hydrogens is 320 g/mol. The zero-order valence-corrected chi connectivity index (χ0v) is 14.2. The van der Waals surface area contributed by atoms with E-state index in [4.69, 9.17) is 14.2 Å². The number of carbonyl (C=O) groups is 1. The van der Waals surface area contributed by atoms with E-state index < -0.39 is 0 Å². The predicted molar refractivity (Wildman–Crippen MR) is 94.3 cm³/mol. The highest BCUT2D eigenvalue weighted by molar-refractivity contribution is 5.83. The van der Waals surface area contributed by atoms with Gasteiger partial charge < -0.3 is 14.2 Å². The first-order valence-corrected chi connectivity index (χ1v) is 8.07. The SMILES string of the molecule is CC(C)c1ccccc1OCC(=O)NN=Cc1ccc2c(c1)OCO2. The molecule has 0 aromatic heterocycles. The summed E-state index contributed by atoms with van der Waals surface area (Å²) >= 11 is 0. The second kappa shape index (κ2) is 7.70. The Morgan fingerprint density at radius 1 is 1.24 bits per heavy atom. The van der Waals surface area contributed by atoms with Crippen molar-refractivity contribution in [2.24, 2.45) is 5.10 Å².